The number of nitrogens with one attached hydrogen (secondary N) is 1. The molecule has 0 saturated carbocycles. The van der Waals surface area contributed by atoms with Gasteiger partial charge in [0, 0.05) is 37.8 Å². The number of aromatic amines is 1. The molecular weight excluding hydrogens is 390 g/mol. The SMILES string of the molecule is O=C(/C=C/c1ccccc1)N1CC[C@@H]2CN(C(=O)c3ccc4n[nH]nc4c3)C[C@@H]2CC1. The molecule has 158 valence electrons. The molecule has 1 aromatic heterocycles. The molecule has 7 heteroatoms. The zero-order valence-electron chi connectivity index (χ0n) is 17.3. The molecule has 2 aromatic carbocycles. The van der Waals surface area contributed by atoms with Gasteiger partial charge in [0.25, 0.3) is 5.91 Å². The number of aromatic nitrogens is 3. The quantitative estimate of drug-likeness (QED) is 0.667. The van der Waals surface area contributed by atoms with Gasteiger partial charge in [0.1, 0.15) is 11.0 Å². The third-order valence-corrected chi connectivity index (χ3v) is 6.50. The fourth-order valence-electron chi connectivity index (χ4n) is 4.73. The summed E-state index contributed by atoms with van der Waals surface area (Å²) in [5.74, 6) is 1.00. The van der Waals surface area contributed by atoms with Gasteiger partial charge in [-0.3, -0.25) is 9.59 Å². The van der Waals surface area contributed by atoms with Gasteiger partial charge in [-0.05, 0) is 54.5 Å². The lowest BCUT2D eigenvalue weighted by Gasteiger charge is -2.21. The lowest BCUT2D eigenvalue weighted by molar-refractivity contribution is -0.126. The van der Waals surface area contributed by atoms with E-state index in [0.29, 0.717) is 22.9 Å². The Bertz CT molecular complexity index is 1110. The van der Waals surface area contributed by atoms with Crippen molar-refractivity contribution in [2.45, 2.75) is 12.8 Å². The van der Waals surface area contributed by atoms with E-state index in [2.05, 4.69) is 15.4 Å². The largest absolute Gasteiger partial charge is 0.339 e. The Morgan fingerprint density at radius 3 is 2.35 bits per heavy atom. The standard InChI is InChI=1S/C24H25N5O2/c30-23(9-6-17-4-2-1-3-5-17)28-12-10-19-15-29(16-20(19)11-13-28)24(31)18-7-8-21-22(14-18)26-27-25-21/h1-9,14,19-20H,10-13,15-16H2,(H,25,26,27)/b9-6+/t19-,20+. The zero-order chi connectivity index (χ0) is 21.2. The molecule has 2 amide bonds. The van der Waals surface area contributed by atoms with E-state index in [4.69, 9.17) is 0 Å². The molecule has 2 atom stereocenters. The molecule has 0 aliphatic carbocycles. The number of hydrogen-bond donors (Lipinski definition) is 1. The Hall–Kier alpha value is -3.48. The van der Waals surface area contributed by atoms with Crippen molar-refractivity contribution >= 4 is 28.9 Å². The van der Waals surface area contributed by atoms with Crippen LogP contribution >= 0.6 is 0 Å². The van der Waals surface area contributed by atoms with Crippen molar-refractivity contribution in [3.8, 4) is 0 Å². The molecule has 3 heterocycles. The van der Waals surface area contributed by atoms with Crippen LogP contribution in [-0.2, 0) is 4.79 Å². The summed E-state index contributed by atoms with van der Waals surface area (Å²) in [6, 6.07) is 15.3. The second-order valence-electron chi connectivity index (χ2n) is 8.40. The third-order valence-electron chi connectivity index (χ3n) is 6.50. The smallest absolute Gasteiger partial charge is 0.253 e. The Morgan fingerprint density at radius 2 is 1.61 bits per heavy atom. The van der Waals surface area contributed by atoms with Crippen LogP contribution in [0, 0.1) is 11.8 Å². The number of hydrogen-bond acceptors (Lipinski definition) is 4. The average Bonchev–Trinajstić information content (AvgIpc) is 3.39. The number of likely N-dealkylation sites (tertiary alicyclic amines) is 2. The fourth-order valence-corrected chi connectivity index (χ4v) is 4.73. The molecule has 1 N–H and O–H groups in total. The highest BCUT2D eigenvalue weighted by atomic mass is 16.2. The van der Waals surface area contributed by atoms with Crippen LogP contribution in [0.2, 0.25) is 0 Å². The predicted molar refractivity (Wildman–Crippen MR) is 118 cm³/mol. The maximum Gasteiger partial charge on any atom is 0.253 e. The summed E-state index contributed by atoms with van der Waals surface area (Å²) in [6.45, 7) is 2.99. The monoisotopic (exact) mass is 415 g/mol. The lowest BCUT2D eigenvalue weighted by Crippen LogP contribution is -2.33. The molecule has 0 unspecified atom stereocenters. The highest BCUT2D eigenvalue weighted by Gasteiger charge is 2.37. The summed E-state index contributed by atoms with van der Waals surface area (Å²) >= 11 is 0. The second-order valence-corrected chi connectivity index (χ2v) is 8.40. The first-order valence-electron chi connectivity index (χ1n) is 10.8. The summed E-state index contributed by atoms with van der Waals surface area (Å²) in [4.78, 5) is 29.6. The van der Waals surface area contributed by atoms with Crippen molar-refractivity contribution in [2.24, 2.45) is 11.8 Å². The first kappa shape index (κ1) is 19.5. The van der Waals surface area contributed by atoms with Gasteiger partial charge in [-0.15, -0.1) is 0 Å². The molecule has 5 rings (SSSR count). The number of nitrogens with zero attached hydrogens (tertiary/aromatic N) is 4. The van der Waals surface area contributed by atoms with Crippen LogP contribution < -0.4 is 0 Å². The van der Waals surface area contributed by atoms with Crippen LogP contribution in [0.3, 0.4) is 0 Å². The normalized spacial score (nSPS) is 21.4. The number of carbonyl (C=O) groups excluding carboxylic acids is 2. The Labute approximate surface area is 180 Å². The van der Waals surface area contributed by atoms with Crippen molar-refractivity contribution in [2.75, 3.05) is 26.2 Å². The fraction of sp³-hybridized carbons (Fsp3) is 0.333. The number of amides is 2. The number of fused-ring (bicyclic) bond motifs is 2. The van der Waals surface area contributed by atoms with E-state index in [1.165, 1.54) is 0 Å². The molecule has 2 fully saturated rings. The maximum atomic E-state index is 13.0. The van der Waals surface area contributed by atoms with Gasteiger partial charge in [-0.2, -0.15) is 15.4 Å². The Morgan fingerprint density at radius 1 is 0.903 bits per heavy atom. The maximum absolute atomic E-state index is 13.0. The summed E-state index contributed by atoms with van der Waals surface area (Å²) < 4.78 is 0. The topological polar surface area (TPSA) is 82.2 Å². The number of benzene rings is 2. The van der Waals surface area contributed by atoms with E-state index in [0.717, 1.165) is 50.1 Å². The summed E-state index contributed by atoms with van der Waals surface area (Å²) in [7, 11) is 0. The van der Waals surface area contributed by atoms with Crippen LogP contribution in [0.15, 0.2) is 54.6 Å². The highest BCUT2D eigenvalue weighted by Crippen LogP contribution is 2.33. The van der Waals surface area contributed by atoms with E-state index in [1.54, 1.807) is 12.1 Å². The molecule has 2 aliphatic rings. The predicted octanol–water partition coefficient (Wildman–Crippen LogP) is 2.98. The zero-order valence-corrected chi connectivity index (χ0v) is 17.3. The molecule has 7 nitrogen and oxygen atoms in total. The Kier molecular flexibility index (Phi) is 5.24. The minimum Gasteiger partial charge on any atom is -0.339 e. The average molecular weight is 415 g/mol. The third kappa shape index (κ3) is 4.08. The van der Waals surface area contributed by atoms with Gasteiger partial charge in [-0.1, -0.05) is 30.3 Å². The second kappa shape index (κ2) is 8.34. The van der Waals surface area contributed by atoms with Crippen LogP contribution in [0.1, 0.15) is 28.8 Å². The van der Waals surface area contributed by atoms with Crippen LogP contribution in [-0.4, -0.2) is 63.2 Å². The number of H-pyrrole nitrogens is 1. The van der Waals surface area contributed by atoms with Gasteiger partial charge in [0.2, 0.25) is 5.91 Å². The molecule has 0 bridgehead atoms. The highest BCUT2D eigenvalue weighted by molar-refractivity contribution is 5.97. The number of carbonyl (C=O) groups is 2. The lowest BCUT2D eigenvalue weighted by atomic mass is 9.92. The van der Waals surface area contributed by atoms with Crippen LogP contribution in [0.5, 0.6) is 0 Å². The van der Waals surface area contributed by atoms with E-state index in [1.807, 2.05) is 58.3 Å². The van der Waals surface area contributed by atoms with Crippen molar-refractivity contribution in [3.63, 3.8) is 0 Å². The van der Waals surface area contributed by atoms with E-state index < -0.39 is 0 Å². The molecule has 2 saturated heterocycles. The first-order valence-corrected chi connectivity index (χ1v) is 10.8. The van der Waals surface area contributed by atoms with Crippen molar-refractivity contribution < 1.29 is 9.59 Å². The first-order chi connectivity index (χ1) is 15.2. The van der Waals surface area contributed by atoms with Crippen LogP contribution in [0.25, 0.3) is 17.1 Å². The van der Waals surface area contributed by atoms with Gasteiger partial charge < -0.3 is 9.80 Å². The van der Waals surface area contributed by atoms with Gasteiger partial charge in [-0.25, -0.2) is 0 Å². The molecule has 31 heavy (non-hydrogen) atoms. The minimum atomic E-state index is 0.0525. The molecule has 0 spiro atoms. The summed E-state index contributed by atoms with van der Waals surface area (Å²) in [6.07, 6.45) is 5.41. The summed E-state index contributed by atoms with van der Waals surface area (Å²) in [5, 5.41) is 10.7. The van der Waals surface area contributed by atoms with Crippen molar-refractivity contribution in [1.29, 1.82) is 0 Å². The van der Waals surface area contributed by atoms with Crippen LogP contribution in [0.4, 0.5) is 0 Å². The molecular formula is C24H25N5O2. The number of rotatable bonds is 3. The molecule has 0 radical (unpaired) electrons. The molecule has 2 aliphatic heterocycles. The van der Waals surface area contributed by atoms with E-state index in [9.17, 15) is 9.59 Å². The van der Waals surface area contributed by atoms with E-state index >= 15 is 0 Å². The van der Waals surface area contributed by atoms with Gasteiger partial charge >= 0.3 is 0 Å². The Balaban J connectivity index is 1.19. The van der Waals surface area contributed by atoms with E-state index in [-0.39, 0.29) is 11.8 Å². The van der Waals surface area contributed by atoms with Gasteiger partial charge in [0.15, 0.2) is 0 Å². The summed E-state index contributed by atoms with van der Waals surface area (Å²) in [5.41, 5.74) is 3.15. The molecule has 3 aromatic rings. The van der Waals surface area contributed by atoms with Crippen molar-refractivity contribution in [1.82, 2.24) is 25.2 Å². The van der Waals surface area contributed by atoms with Crippen molar-refractivity contribution in [3.05, 3.63) is 65.7 Å². The van der Waals surface area contributed by atoms with Gasteiger partial charge in [0.05, 0.1) is 0 Å². The minimum absolute atomic E-state index is 0.0525.